The molecule has 0 aliphatic carbocycles. The standard InChI is InChI=1S/C27H20F3N3O4/c1-4-36-24-10-19(27(34)35)21(29)9-17(24)20-12-33(23-6-5-16(28)8-22(23)30)26-18(20)7-15(11-31-26)25-13(2)32-37-14(25)3/h5-12H,4H2,1-3H3,(H,34,35). The summed E-state index contributed by atoms with van der Waals surface area (Å²) in [4.78, 5) is 16.1. The molecule has 0 fully saturated rings. The summed E-state index contributed by atoms with van der Waals surface area (Å²) in [6, 6.07) is 7.11. The number of aromatic carboxylic acids is 1. The van der Waals surface area contributed by atoms with E-state index in [1.807, 2.05) is 0 Å². The lowest BCUT2D eigenvalue weighted by Crippen LogP contribution is -2.03. The minimum atomic E-state index is -1.44. The maximum Gasteiger partial charge on any atom is 0.338 e. The first-order chi connectivity index (χ1) is 17.7. The minimum Gasteiger partial charge on any atom is -0.493 e. The number of carboxylic acids is 1. The highest BCUT2D eigenvalue weighted by molar-refractivity contribution is 6.00. The van der Waals surface area contributed by atoms with Crippen LogP contribution in [0.3, 0.4) is 0 Å². The second-order valence-corrected chi connectivity index (χ2v) is 8.37. The molecule has 0 aliphatic rings. The number of carboxylic acid groups (broad SMARTS) is 1. The van der Waals surface area contributed by atoms with Crippen LogP contribution in [0.25, 0.3) is 39.0 Å². The Bertz CT molecular complexity index is 1670. The van der Waals surface area contributed by atoms with E-state index in [1.54, 1.807) is 33.0 Å². The maximum atomic E-state index is 14.9. The summed E-state index contributed by atoms with van der Waals surface area (Å²) in [6.45, 7) is 5.43. The maximum absolute atomic E-state index is 14.9. The molecule has 0 aliphatic heterocycles. The van der Waals surface area contributed by atoms with E-state index >= 15 is 0 Å². The molecule has 5 aromatic rings. The van der Waals surface area contributed by atoms with Crippen molar-refractivity contribution < 1.29 is 32.3 Å². The van der Waals surface area contributed by atoms with Crippen molar-refractivity contribution in [3.63, 3.8) is 0 Å². The van der Waals surface area contributed by atoms with Crippen molar-refractivity contribution in [1.29, 1.82) is 0 Å². The smallest absolute Gasteiger partial charge is 0.338 e. The second-order valence-electron chi connectivity index (χ2n) is 8.37. The summed E-state index contributed by atoms with van der Waals surface area (Å²) in [6.07, 6.45) is 3.11. The zero-order valence-electron chi connectivity index (χ0n) is 20.0. The van der Waals surface area contributed by atoms with Crippen LogP contribution in [0.2, 0.25) is 0 Å². The van der Waals surface area contributed by atoms with Crippen LogP contribution in [0.4, 0.5) is 13.2 Å². The van der Waals surface area contributed by atoms with Crippen molar-refractivity contribution in [2.75, 3.05) is 6.61 Å². The molecule has 0 atom stereocenters. The Kier molecular flexibility index (Phi) is 5.94. The van der Waals surface area contributed by atoms with Gasteiger partial charge in [-0.15, -0.1) is 0 Å². The fraction of sp³-hybridized carbons (Fsp3) is 0.148. The Morgan fingerprint density at radius 1 is 1.08 bits per heavy atom. The number of fused-ring (bicyclic) bond motifs is 1. The quantitative estimate of drug-likeness (QED) is 0.283. The van der Waals surface area contributed by atoms with E-state index < -0.39 is 29.0 Å². The molecule has 10 heteroatoms. The highest BCUT2D eigenvalue weighted by atomic mass is 19.1. The molecule has 188 valence electrons. The molecule has 2 aromatic carbocycles. The molecule has 0 unspecified atom stereocenters. The molecule has 3 aromatic heterocycles. The molecule has 0 saturated carbocycles. The number of hydrogen-bond donors (Lipinski definition) is 1. The van der Waals surface area contributed by atoms with Crippen molar-refractivity contribution in [3.05, 3.63) is 83.3 Å². The molecule has 0 bridgehead atoms. The first kappa shape index (κ1) is 24.1. The van der Waals surface area contributed by atoms with E-state index in [9.17, 15) is 23.1 Å². The Morgan fingerprint density at radius 3 is 2.51 bits per heavy atom. The molecule has 0 saturated heterocycles. The predicted molar refractivity (Wildman–Crippen MR) is 129 cm³/mol. The van der Waals surface area contributed by atoms with Crippen LogP contribution in [0.15, 0.2) is 53.3 Å². The fourth-order valence-electron chi connectivity index (χ4n) is 4.42. The van der Waals surface area contributed by atoms with Crippen molar-refractivity contribution in [2.24, 2.45) is 0 Å². The number of carbonyl (C=O) groups is 1. The number of benzene rings is 2. The van der Waals surface area contributed by atoms with Crippen molar-refractivity contribution in [2.45, 2.75) is 20.8 Å². The van der Waals surface area contributed by atoms with Gasteiger partial charge in [0, 0.05) is 46.1 Å². The van der Waals surface area contributed by atoms with E-state index in [4.69, 9.17) is 9.26 Å². The van der Waals surface area contributed by atoms with Gasteiger partial charge < -0.3 is 14.4 Å². The Labute approximate surface area is 208 Å². The van der Waals surface area contributed by atoms with Crippen molar-refractivity contribution in [1.82, 2.24) is 14.7 Å². The topological polar surface area (TPSA) is 90.4 Å². The van der Waals surface area contributed by atoms with E-state index in [1.165, 1.54) is 16.8 Å². The van der Waals surface area contributed by atoms with Crippen LogP contribution in [-0.4, -0.2) is 32.4 Å². The van der Waals surface area contributed by atoms with Crippen LogP contribution < -0.4 is 4.74 Å². The summed E-state index contributed by atoms with van der Waals surface area (Å²) in [7, 11) is 0. The molecular weight excluding hydrogens is 487 g/mol. The number of halogens is 3. The third-order valence-corrected chi connectivity index (χ3v) is 6.02. The first-order valence-electron chi connectivity index (χ1n) is 11.3. The molecule has 3 heterocycles. The number of aromatic nitrogens is 3. The SMILES string of the molecule is CCOc1cc(C(=O)O)c(F)cc1-c1cn(-c2ccc(F)cc2F)c2ncc(-c3c(C)noc3C)cc12. The van der Waals surface area contributed by atoms with Gasteiger partial charge in [0.25, 0.3) is 0 Å². The van der Waals surface area contributed by atoms with Gasteiger partial charge in [0.05, 0.1) is 23.6 Å². The Hall–Kier alpha value is -4.60. The van der Waals surface area contributed by atoms with Crippen LogP contribution in [-0.2, 0) is 0 Å². The fourth-order valence-corrected chi connectivity index (χ4v) is 4.42. The zero-order valence-corrected chi connectivity index (χ0v) is 20.0. The third kappa shape index (κ3) is 4.10. The highest BCUT2D eigenvalue weighted by Crippen LogP contribution is 2.40. The average Bonchev–Trinajstić information content (AvgIpc) is 3.39. The van der Waals surface area contributed by atoms with Gasteiger partial charge >= 0.3 is 5.97 Å². The average molecular weight is 507 g/mol. The summed E-state index contributed by atoms with van der Waals surface area (Å²) in [5, 5.41) is 13.9. The van der Waals surface area contributed by atoms with Gasteiger partial charge in [0.2, 0.25) is 0 Å². The Morgan fingerprint density at radius 2 is 1.86 bits per heavy atom. The third-order valence-electron chi connectivity index (χ3n) is 6.02. The molecular formula is C27H20F3N3O4. The zero-order chi connectivity index (χ0) is 26.4. The van der Waals surface area contributed by atoms with Gasteiger partial charge in [-0.25, -0.2) is 22.9 Å². The Balaban J connectivity index is 1.85. The molecule has 7 nitrogen and oxygen atoms in total. The van der Waals surface area contributed by atoms with Crippen molar-refractivity contribution in [3.8, 4) is 33.7 Å². The van der Waals surface area contributed by atoms with E-state index in [2.05, 4.69) is 10.1 Å². The summed E-state index contributed by atoms with van der Waals surface area (Å²) in [5.74, 6) is -3.27. The number of ether oxygens (including phenoxy) is 1. The lowest BCUT2D eigenvalue weighted by Gasteiger charge is -2.12. The molecule has 0 spiro atoms. The van der Waals surface area contributed by atoms with Gasteiger partial charge in [-0.05, 0) is 51.1 Å². The first-order valence-corrected chi connectivity index (χ1v) is 11.3. The van der Waals surface area contributed by atoms with Crippen LogP contribution in [0.1, 0.15) is 28.7 Å². The second kappa shape index (κ2) is 9.12. The predicted octanol–water partition coefficient (Wildman–Crippen LogP) is 6.48. The van der Waals surface area contributed by atoms with Gasteiger partial charge in [-0.2, -0.15) is 0 Å². The van der Waals surface area contributed by atoms with Gasteiger partial charge in [0.15, 0.2) is 0 Å². The number of pyridine rings is 1. The monoisotopic (exact) mass is 507 g/mol. The summed E-state index contributed by atoms with van der Waals surface area (Å²) < 4.78 is 55.7. The van der Waals surface area contributed by atoms with E-state index in [-0.39, 0.29) is 23.6 Å². The molecule has 5 rings (SSSR count). The number of nitrogens with zero attached hydrogens (tertiary/aromatic N) is 3. The number of aryl methyl sites for hydroxylation is 2. The number of rotatable bonds is 6. The lowest BCUT2D eigenvalue weighted by molar-refractivity contribution is 0.0691. The summed E-state index contributed by atoms with van der Waals surface area (Å²) >= 11 is 0. The minimum absolute atomic E-state index is 0.0239. The van der Waals surface area contributed by atoms with E-state index in [0.717, 1.165) is 29.8 Å². The molecule has 0 radical (unpaired) electrons. The summed E-state index contributed by atoms with van der Waals surface area (Å²) in [5.41, 5.74) is 2.44. The van der Waals surface area contributed by atoms with Gasteiger partial charge in [0.1, 0.15) is 34.6 Å². The van der Waals surface area contributed by atoms with Crippen LogP contribution >= 0.6 is 0 Å². The largest absolute Gasteiger partial charge is 0.493 e. The van der Waals surface area contributed by atoms with Gasteiger partial charge in [-0.3, -0.25) is 4.57 Å². The molecule has 0 amide bonds. The lowest BCUT2D eigenvalue weighted by atomic mass is 9.99. The normalized spacial score (nSPS) is 11.3. The van der Waals surface area contributed by atoms with Crippen LogP contribution in [0.5, 0.6) is 5.75 Å². The van der Waals surface area contributed by atoms with E-state index in [0.29, 0.717) is 33.6 Å². The van der Waals surface area contributed by atoms with Crippen LogP contribution in [0, 0.1) is 31.3 Å². The molecule has 37 heavy (non-hydrogen) atoms. The molecule has 1 N–H and O–H groups in total. The number of hydrogen-bond acceptors (Lipinski definition) is 5. The van der Waals surface area contributed by atoms with Crippen molar-refractivity contribution >= 4 is 17.0 Å². The van der Waals surface area contributed by atoms with Gasteiger partial charge in [-0.1, -0.05) is 5.16 Å². The highest BCUT2D eigenvalue weighted by Gasteiger charge is 2.23.